The lowest BCUT2D eigenvalue weighted by Crippen LogP contribution is -2.20. The van der Waals surface area contributed by atoms with Gasteiger partial charge in [-0.1, -0.05) is 12.1 Å². The number of esters is 1. The van der Waals surface area contributed by atoms with Crippen molar-refractivity contribution in [1.29, 1.82) is 0 Å². The second-order valence-electron chi connectivity index (χ2n) is 4.67. The number of nitrogens with one attached hydrogen (secondary N) is 1. The van der Waals surface area contributed by atoms with E-state index in [1.165, 1.54) is 31.4 Å². The van der Waals surface area contributed by atoms with E-state index in [0.29, 0.717) is 5.56 Å². The maximum atomic E-state index is 11.9. The van der Waals surface area contributed by atoms with Crippen LogP contribution in [0.2, 0.25) is 0 Å². The Kier molecular flexibility index (Phi) is 4.69. The minimum absolute atomic E-state index is 0.0496. The molecular formula is C14H13N3O6. The molecule has 0 amide bonds. The van der Waals surface area contributed by atoms with Gasteiger partial charge in [0.1, 0.15) is 5.82 Å². The van der Waals surface area contributed by atoms with E-state index in [-0.39, 0.29) is 29.9 Å². The summed E-state index contributed by atoms with van der Waals surface area (Å²) < 4.78 is 4.43. The Bertz CT molecular complexity index is 797. The number of methoxy groups -OCH3 is 1. The quantitative estimate of drug-likeness (QED) is 0.470. The van der Waals surface area contributed by atoms with Crippen molar-refractivity contribution in [2.75, 3.05) is 7.11 Å². The number of aromatic amines is 1. The van der Waals surface area contributed by atoms with Crippen molar-refractivity contribution in [3.63, 3.8) is 0 Å². The molecule has 0 atom stereocenters. The average Bonchev–Trinajstić information content (AvgIpc) is 2.51. The summed E-state index contributed by atoms with van der Waals surface area (Å²) in [5.74, 6) is -1.04. The topological polar surface area (TPSA) is 135 Å². The van der Waals surface area contributed by atoms with Crippen molar-refractivity contribution < 1.29 is 19.6 Å². The lowest BCUT2D eigenvalue weighted by Gasteiger charge is -2.05. The summed E-state index contributed by atoms with van der Waals surface area (Å²) in [5.41, 5.74) is -0.200. The van der Waals surface area contributed by atoms with E-state index in [0.717, 1.165) is 0 Å². The molecular weight excluding hydrogens is 307 g/mol. The van der Waals surface area contributed by atoms with Crippen LogP contribution in [-0.2, 0) is 22.4 Å². The first-order chi connectivity index (χ1) is 10.9. The molecule has 1 aromatic heterocycles. The van der Waals surface area contributed by atoms with Crippen LogP contribution in [0.3, 0.4) is 0 Å². The molecule has 0 aliphatic heterocycles. The van der Waals surface area contributed by atoms with Crippen LogP contribution in [0, 0.1) is 10.1 Å². The maximum Gasteiger partial charge on any atom is 0.310 e. The van der Waals surface area contributed by atoms with Crippen LogP contribution in [0.15, 0.2) is 29.1 Å². The number of nitro groups is 1. The highest BCUT2D eigenvalue weighted by molar-refractivity contribution is 5.72. The van der Waals surface area contributed by atoms with Gasteiger partial charge in [0.05, 0.1) is 24.0 Å². The molecule has 1 aromatic carbocycles. The summed E-state index contributed by atoms with van der Waals surface area (Å²) in [5, 5.41) is 20.4. The lowest BCUT2D eigenvalue weighted by molar-refractivity contribution is -0.384. The number of aromatic hydroxyl groups is 1. The number of carbonyl (C=O) groups is 1. The number of carbonyl (C=O) groups excluding carboxylic acids is 1. The number of nitro benzene ring substituents is 1. The molecule has 0 unspecified atom stereocenters. The number of rotatable bonds is 5. The SMILES string of the molecule is COC(=O)Cc1c(O)nc(Cc2ccc([N+](=O)[O-])c[13cH]2)[nH]c1=O. The number of aromatic nitrogens is 2. The molecule has 9 nitrogen and oxygen atoms in total. The van der Waals surface area contributed by atoms with Crippen molar-refractivity contribution in [3.8, 4) is 5.88 Å². The van der Waals surface area contributed by atoms with Crippen molar-refractivity contribution in [3.05, 3.63) is 61.7 Å². The molecule has 0 bridgehead atoms. The molecule has 0 saturated carbocycles. The standard InChI is InChI=1S/C14H13N3O6/c1-23-12(18)7-10-13(19)15-11(16-14(10)20)6-8-2-4-9(5-3-8)17(21)22/h2-5H,6-7H2,1H3,(H2,15,16,19,20)/i2+1. The molecule has 0 aliphatic rings. The minimum Gasteiger partial charge on any atom is -0.493 e. The van der Waals surface area contributed by atoms with Crippen LogP contribution in [0.25, 0.3) is 0 Å². The van der Waals surface area contributed by atoms with Gasteiger partial charge in [-0.05, 0) is 5.56 Å². The summed E-state index contributed by atoms with van der Waals surface area (Å²) in [4.78, 5) is 39.4. The van der Waals surface area contributed by atoms with E-state index in [1.54, 1.807) is 0 Å². The smallest absolute Gasteiger partial charge is 0.310 e. The summed E-state index contributed by atoms with van der Waals surface area (Å²) in [6.45, 7) is 0. The number of non-ortho nitro benzene ring substituents is 1. The van der Waals surface area contributed by atoms with E-state index in [1.807, 2.05) is 0 Å². The fourth-order valence-electron chi connectivity index (χ4n) is 1.92. The Morgan fingerprint density at radius 1 is 1.39 bits per heavy atom. The van der Waals surface area contributed by atoms with Crippen molar-refractivity contribution >= 4 is 11.7 Å². The molecule has 0 saturated heterocycles. The molecule has 0 fully saturated rings. The van der Waals surface area contributed by atoms with E-state index in [4.69, 9.17) is 0 Å². The Morgan fingerprint density at radius 2 is 2.04 bits per heavy atom. The fraction of sp³-hybridized carbons (Fsp3) is 0.214. The van der Waals surface area contributed by atoms with Gasteiger partial charge >= 0.3 is 5.97 Å². The normalized spacial score (nSPS) is 10.3. The van der Waals surface area contributed by atoms with Crippen LogP contribution in [-0.4, -0.2) is 33.1 Å². The van der Waals surface area contributed by atoms with E-state index in [2.05, 4.69) is 14.7 Å². The second-order valence-corrected chi connectivity index (χ2v) is 4.67. The van der Waals surface area contributed by atoms with Crippen LogP contribution in [0.1, 0.15) is 17.0 Å². The summed E-state index contributed by atoms with van der Waals surface area (Å²) in [6.07, 6.45) is -0.220. The van der Waals surface area contributed by atoms with Crippen molar-refractivity contribution in [2.24, 2.45) is 0 Å². The predicted octanol–water partition coefficient (Wildman–Crippen LogP) is 0.690. The molecule has 0 spiro atoms. The number of H-pyrrole nitrogens is 1. The van der Waals surface area contributed by atoms with Gasteiger partial charge in [-0.3, -0.25) is 19.7 Å². The third-order valence-electron chi connectivity index (χ3n) is 3.11. The van der Waals surface area contributed by atoms with Gasteiger partial charge < -0.3 is 14.8 Å². The number of benzene rings is 1. The number of nitrogens with zero attached hydrogens (tertiary/aromatic N) is 2. The largest absolute Gasteiger partial charge is 0.493 e. The third kappa shape index (κ3) is 3.90. The average molecular weight is 320 g/mol. The van der Waals surface area contributed by atoms with Gasteiger partial charge in [0.25, 0.3) is 11.2 Å². The monoisotopic (exact) mass is 320 g/mol. The van der Waals surface area contributed by atoms with E-state index in [9.17, 15) is 24.8 Å². The van der Waals surface area contributed by atoms with E-state index < -0.39 is 22.3 Å². The summed E-state index contributed by atoms with van der Waals surface area (Å²) in [7, 11) is 1.17. The van der Waals surface area contributed by atoms with Crippen LogP contribution >= 0.6 is 0 Å². The van der Waals surface area contributed by atoms with Crippen LogP contribution < -0.4 is 5.56 Å². The fourth-order valence-corrected chi connectivity index (χ4v) is 1.92. The Labute approximate surface area is 129 Å². The minimum atomic E-state index is -0.671. The Hall–Kier alpha value is -3.23. The zero-order valence-corrected chi connectivity index (χ0v) is 12.1. The summed E-state index contributed by atoms with van der Waals surface area (Å²) >= 11 is 0. The Morgan fingerprint density at radius 3 is 2.57 bits per heavy atom. The van der Waals surface area contributed by atoms with Crippen LogP contribution in [0.5, 0.6) is 5.88 Å². The molecule has 0 radical (unpaired) electrons. The van der Waals surface area contributed by atoms with Crippen molar-refractivity contribution in [2.45, 2.75) is 12.8 Å². The zero-order valence-electron chi connectivity index (χ0n) is 12.1. The van der Waals surface area contributed by atoms with Crippen LogP contribution in [0.4, 0.5) is 5.69 Å². The number of hydrogen-bond donors (Lipinski definition) is 2. The van der Waals surface area contributed by atoms with Crippen molar-refractivity contribution in [1.82, 2.24) is 9.97 Å². The molecule has 1 heterocycles. The van der Waals surface area contributed by atoms with Gasteiger partial charge in [-0.25, -0.2) is 0 Å². The highest BCUT2D eigenvalue weighted by atomic mass is 16.6. The second kappa shape index (κ2) is 6.69. The molecule has 120 valence electrons. The third-order valence-corrected chi connectivity index (χ3v) is 3.11. The molecule has 2 rings (SSSR count). The highest BCUT2D eigenvalue weighted by Gasteiger charge is 2.15. The first-order valence-corrected chi connectivity index (χ1v) is 6.52. The van der Waals surface area contributed by atoms with Gasteiger partial charge in [0.15, 0.2) is 0 Å². The van der Waals surface area contributed by atoms with Gasteiger partial charge in [-0.2, -0.15) is 4.98 Å². The molecule has 23 heavy (non-hydrogen) atoms. The maximum absolute atomic E-state index is 11.9. The highest BCUT2D eigenvalue weighted by Crippen LogP contribution is 2.15. The number of ether oxygens (including phenoxy) is 1. The molecule has 0 aliphatic carbocycles. The molecule has 2 aromatic rings. The van der Waals surface area contributed by atoms with Gasteiger partial charge in [-0.15, -0.1) is 0 Å². The van der Waals surface area contributed by atoms with Gasteiger partial charge in [0.2, 0.25) is 5.88 Å². The first kappa shape index (κ1) is 16.1. The van der Waals surface area contributed by atoms with E-state index >= 15 is 0 Å². The first-order valence-electron chi connectivity index (χ1n) is 6.52. The summed E-state index contributed by atoms with van der Waals surface area (Å²) in [6, 6.07) is 5.72. The lowest BCUT2D eigenvalue weighted by atomic mass is 10.2. The van der Waals surface area contributed by atoms with Gasteiger partial charge in [0, 0.05) is 18.6 Å². The predicted molar refractivity (Wildman–Crippen MR) is 78.1 cm³/mol. The number of hydrogen-bond acceptors (Lipinski definition) is 7. The molecule has 9 heteroatoms. The zero-order chi connectivity index (χ0) is 17.0. The molecule has 2 N–H and O–H groups in total. The Balaban J connectivity index is 2.22.